The minimum Gasteiger partial charge on any atom is -0.507 e. The number of hydrogen-bond acceptors (Lipinski definition) is 2. The Hall–Kier alpha value is -0.0600. The first-order chi connectivity index (χ1) is 7.01. The molecule has 0 saturated carbocycles. The van der Waals surface area contributed by atoms with E-state index in [2.05, 4.69) is 31.9 Å². The van der Waals surface area contributed by atoms with E-state index in [1.54, 1.807) is 6.07 Å². The minimum atomic E-state index is -0.148. The summed E-state index contributed by atoms with van der Waals surface area (Å²) in [7, 11) is 0. The van der Waals surface area contributed by atoms with E-state index in [1.165, 1.54) is 0 Å². The topological polar surface area (TPSA) is 40.5 Å². The second-order valence-electron chi connectivity index (χ2n) is 3.17. The van der Waals surface area contributed by atoms with Crippen LogP contribution in [0.4, 0.5) is 0 Å². The van der Waals surface area contributed by atoms with E-state index in [-0.39, 0.29) is 6.10 Å². The van der Waals surface area contributed by atoms with Gasteiger partial charge in [0.25, 0.3) is 0 Å². The number of benzene rings is 1. The van der Waals surface area contributed by atoms with Crippen molar-refractivity contribution in [1.29, 1.82) is 0 Å². The first-order valence-electron chi connectivity index (χ1n) is 4.70. The van der Waals surface area contributed by atoms with Crippen molar-refractivity contribution >= 4 is 31.9 Å². The number of phenols is 1. The van der Waals surface area contributed by atoms with Gasteiger partial charge in [-0.15, -0.1) is 0 Å². The van der Waals surface area contributed by atoms with Crippen molar-refractivity contribution in [2.75, 3.05) is 5.33 Å². The Morgan fingerprint density at radius 1 is 1.40 bits per heavy atom. The van der Waals surface area contributed by atoms with Gasteiger partial charge in [0.15, 0.2) is 0 Å². The molecular formula is C11H16Br2O2. The Balaban J connectivity index is 0.000000288. The highest BCUT2D eigenvalue weighted by Crippen LogP contribution is 2.23. The number of halogens is 2. The van der Waals surface area contributed by atoms with Crippen molar-refractivity contribution in [3.8, 4) is 5.75 Å². The van der Waals surface area contributed by atoms with Gasteiger partial charge in [-0.1, -0.05) is 28.9 Å². The summed E-state index contributed by atoms with van der Waals surface area (Å²) < 4.78 is 0.752. The molecule has 0 heterocycles. The van der Waals surface area contributed by atoms with Crippen molar-refractivity contribution in [3.05, 3.63) is 28.2 Å². The molecule has 0 amide bonds. The number of alkyl halides is 1. The molecule has 15 heavy (non-hydrogen) atoms. The van der Waals surface area contributed by atoms with Gasteiger partial charge in [0.1, 0.15) is 5.75 Å². The summed E-state index contributed by atoms with van der Waals surface area (Å²) in [4.78, 5) is 0. The number of aliphatic hydroxyl groups excluding tert-OH is 1. The van der Waals surface area contributed by atoms with Crippen LogP contribution >= 0.6 is 31.9 Å². The lowest BCUT2D eigenvalue weighted by Gasteiger charge is -1.96. The molecule has 0 aromatic heterocycles. The van der Waals surface area contributed by atoms with E-state index in [0.29, 0.717) is 11.1 Å². The van der Waals surface area contributed by atoms with Crippen molar-refractivity contribution in [2.45, 2.75) is 26.4 Å². The van der Waals surface area contributed by atoms with Gasteiger partial charge in [-0.05, 0) is 47.0 Å². The molecule has 0 bridgehead atoms. The standard InChI is InChI=1S/C7H7BrO.C4H9BrO/c1-5-2-3-7(9)6(8)4-5;1-2-4(6)3-5/h2-4,9H,1H3;4,6H,2-3H2,1H3. The van der Waals surface area contributed by atoms with Crippen LogP contribution < -0.4 is 0 Å². The van der Waals surface area contributed by atoms with Crippen molar-refractivity contribution in [1.82, 2.24) is 0 Å². The molecule has 1 unspecified atom stereocenters. The molecule has 0 radical (unpaired) electrons. The van der Waals surface area contributed by atoms with E-state index in [0.717, 1.165) is 16.5 Å². The van der Waals surface area contributed by atoms with Gasteiger partial charge in [0, 0.05) is 5.33 Å². The summed E-state index contributed by atoms with van der Waals surface area (Å²) in [6.45, 7) is 3.93. The Kier molecular flexibility index (Phi) is 8.10. The number of rotatable bonds is 2. The smallest absolute Gasteiger partial charge is 0.129 e. The molecule has 1 atom stereocenters. The van der Waals surface area contributed by atoms with Gasteiger partial charge in [-0.25, -0.2) is 0 Å². The van der Waals surface area contributed by atoms with Crippen LogP contribution in [0.1, 0.15) is 18.9 Å². The average Bonchev–Trinajstić information content (AvgIpc) is 2.23. The molecule has 0 fully saturated rings. The second-order valence-corrected chi connectivity index (χ2v) is 4.67. The van der Waals surface area contributed by atoms with Crippen molar-refractivity contribution in [2.24, 2.45) is 0 Å². The van der Waals surface area contributed by atoms with Crippen LogP contribution in [-0.4, -0.2) is 21.6 Å². The van der Waals surface area contributed by atoms with Gasteiger partial charge in [-0.3, -0.25) is 0 Å². The predicted molar refractivity (Wildman–Crippen MR) is 70.6 cm³/mol. The van der Waals surface area contributed by atoms with Gasteiger partial charge in [0.2, 0.25) is 0 Å². The quantitative estimate of drug-likeness (QED) is 0.808. The van der Waals surface area contributed by atoms with Crippen LogP contribution in [0.5, 0.6) is 5.75 Å². The fourth-order valence-corrected chi connectivity index (χ4v) is 1.67. The molecule has 1 aromatic rings. The Morgan fingerprint density at radius 3 is 2.27 bits per heavy atom. The fraction of sp³-hybridized carbons (Fsp3) is 0.455. The molecule has 2 N–H and O–H groups in total. The number of phenolic OH excluding ortho intramolecular Hbond substituents is 1. The third-order valence-electron chi connectivity index (χ3n) is 1.75. The maximum atomic E-state index is 9.00. The van der Waals surface area contributed by atoms with E-state index in [1.807, 2.05) is 26.0 Å². The fourth-order valence-electron chi connectivity index (χ4n) is 0.721. The predicted octanol–water partition coefficient (Wildman–Crippen LogP) is 3.62. The summed E-state index contributed by atoms with van der Waals surface area (Å²) in [5.41, 5.74) is 1.14. The summed E-state index contributed by atoms with van der Waals surface area (Å²) in [6.07, 6.45) is 0.690. The summed E-state index contributed by atoms with van der Waals surface area (Å²) >= 11 is 6.32. The van der Waals surface area contributed by atoms with Gasteiger partial charge < -0.3 is 10.2 Å². The van der Waals surface area contributed by atoms with E-state index in [4.69, 9.17) is 10.2 Å². The molecule has 0 aliphatic carbocycles. The van der Waals surface area contributed by atoms with Gasteiger partial charge in [0.05, 0.1) is 10.6 Å². The molecule has 2 nitrogen and oxygen atoms in total. The largest absolute Gasteiger partial charge is 0.507 e. The Morgan fingerprint density at radius 2 is 2.00 bits per heavy atom. The summed E-state index contributed by atoms with van der Waals surface area (Å²) in [6, 6.07) is 5.40. The third-order valence-corrected chi connectivity index (χ3v) is 3.14. The second kappa shape index (κ2) is 8.13. The lowest BCUT2D eigenvalue weighted by Crippen LogP contribution is -2.03. The normalized spacial score (nSPS) is 11.5. The summed E-state index contributed by atoms with van der Waals surface area (Å²) in [5, 5.41) is 18.3. The molecular weight excluding hydrogens is 324 g/mol. The van der Waals surface area contributed by atoms with Crippen LogP contribution in [0.15, 0.2) is 22.7 Å². The van der Waals surface area contributed by atoms with E-state index >= 15 is 0 Å². The minimum absolute atomic E-state index is 0.148. The number of aromatic hydroxyl groups is 1. The number of aryl methyl sites for hydroxylation is 1. The van der Waals surface area contributed by atoms with E-state index < -0.39 is 0 Å². The van der Waals surface area contributed by atoms with Gasteiger partial charge in [-0.2, -0.15) is 0 Å². The van der Waals surface area contributed by atoms with Crippen molar-refractivity contribution < 1.29 is 10.2 Å². The zero-order chi connectivity index (χ0) is 11.8. The zero-order valence-corrected chi connectivity index (χ0v) is 12.0. The molecule has 4 heteroatoms. The molecule has 1 rings (SSSR count). The molecule has 0 spiro atoms. The lowest BCUT2D eigenvalue weighted by molar-refractivity contribution is 0.196. The van der Waals surface area contributed by atoms with E-state index in [9.17, 15) is 0 Å². The molecule has 0 aliphatic rings. The molecule has 1 aromatic carbocycles. The SMILES string of the molecule is CCC(O)CBr.Cc1ccc(O)c(Br)c1. The average molecular weight is 340 g/mol. The van der Waals surface area contributed by atoms with Crippen LogP contribution in [0.3, 0.4) is 0 Å². The van der Waals surface area contributed by atoms with Crippen molar-refractivity contribution in [3.63, 3.8) is 0 Å². The van der Waals surface area contributed by atoms with Crippen LogP contribution in [0.25, 0.3) is 0 Å². The van der Waals surface area contributed by atoms with Crippen LogP contribution in [-0.2, 0) is 0 Å². The molecule has 0 saturated heterocycles. The highest BCUT2D eigenvalue weighted by atomic mass is 79.9. The summed E-state index contributed by atoms with van der Waals surface area (Å²) in [5.74, 6) is 0.292. The Labute approximate surface area is 108 Å². The Bertz CT molecular complexity index is 286. The molecule has 0 aliphatic heterocycles. The third kappa shape index (κ3) is 6.93. The van der Waals surface area contributed by atoms with Gasteiger partial charge >= 0.3 is 0 Å². The first kappa shape index (κ1) is 14.9. The highest BCUT2D eigenvalue weighted by molar-refractivity contribution is 9.10. The monoisotopic (exact) mass is 338 g/mol. The maximum Gasteiger partial charge on any atom is 0.129 e. The molecule has 86 valence electrons. The van der Waals surface area contributed by atoms with Crippen LogP contribution in [0.2, 0.25) is 0 Å². The van der Waals surface area contributed by atoms with Crippen LogP contribution in [0, 0.1) is 6.92 Å². The lowest BCUT2D eigenvalue weighted by atomic mass is 10.2. The number of aliphatic hydroxyl groups is 1. The first-order valence-corrected chi connectivity index (χ1v) is 6.61. The highest BCUT2D eigenvalue weighted by Gasteiger charge is 1.93. The zero-order valence-electron chi connectivity index (χ0n) is 8.87. The maximum absolute atomic E-state index is 9.00. The number of hydrogen-bond donors (Lipinski definition) is 2.